The van der Waals surface area contributed by atoms with Crippen LogP contribution >= 0.6 is 11.3 Å². The number of unbranched alkanes of at least 4 members (excludes halogenated alkanes) is 1. The number of anilines is 2. The first kappa shape index (κ1) is 16.7. The van der Waals surface area contributed by atoms with Crippen LogP contribution in [0.3, 0.4) is 0 Å². The van der Waals surface area contributed by atoms with Gasteiger partial charge in [0.2, 0.25) is 11.9 Å². The van der Waals surface area contributed by atoms with Crippen LogP contribution in [0.2, 0.25) is 0 Å². The van der Waals surface area contributed by atoms with Gasteiger partial charge in [-0.1, -0.05) is 26.3 Å². The van der Waals surface area contributed by atoms with Gasteiger partial charge >= 0.3 is 0 Å². The highest BCUT2D eigenvalue weighted by atomic mass is 32.1. The minimum absolute atomic E-state index is 0.303. The summed E-state index contributed by atoms with van der Waals surface area (Å²) in [5.41, 5.74) is 5.80. The Morgan fingerprint density at radius 3 is 2.77 bits per heavy atom. The van der Waals surface area contributed by atoms with Crippen molar-refractivity contribution in [2.75, 3.05) is 11.1 Å². The van der Waals surface area contributed by atoms with Gasteiger partial charge in [0.15, 0.2) is 0 Å². The average molecular weight is 319 g/mol. The molecule has 2 rings (SSSR count). The summed E-state index contributed by atoms with van der Waals surface area (Å²) in [6.07, 6.45) is 6.20. The highest BCUT2D eigenvalue weighted by molar-refractivity contribution is 7.09. The molecule has 0 saturated carbocycles. The Kier molecular flexibility index (Phi) is 6.58. The lowest BCUT2D eigenvalue weighted by Crippen LogP contribution is -2.22. The first-order valence-corrected chi connectivity index (χ1v) is 8.88. The zero-order chi connectivity index (χ0) is 15.8. The SMILES string of the molecule is CCCCc1nc(N)nc(NC(CC)CCc2cccs2)n1. The van der Waals surface area contributed by atoms with Gasteiger partial charge in [0.25, 0.3) is 0 Å². The second-order valence-corrected chi connectivity index (χ2v) is 6.44. The predicted octanol–water partition coefficient (Wildman–Crippen LogP) is 3.68. The predicted molar refractivity (Wildman–Crippen MR) is 93.2 cm³/mol. The lowest BCUT2D eigenvalue weighted by molar-refractivity contribution is 0.628. The van der Waals surface area contributed by atoms with E-state index in [0.29, 0.717) is 17.9 Å². The van der Waals surface area contributed by atoms with E-state index in [1.165, 1.54) is 4.88 Å². The van der Waals surface area contributed by atoms with Crippen molar-refractivity contribution in [3.05, 3.63) is 28.2 Å². The highest BCUT2D eigenvalue weighted by Gasteiger charge is 2.11. The maximum atomic E-state index is 5.80. The lowest BCUT2D eigenvalue weighted by Gasteiger charge is -2.17. The lowest BCUT2D eigenvalue weighted by atomic mass is 10.1. The van der Waals surface area contributed by atoms with Crippen LogP contribution in [0.1, 0.15) is 50.2 Å². The molecule has 2 aromatic heterocycles. The largest absolute Gasteiger partial charge is 0.368 e. The van der Waals surface area contributed by atoms with Crippen molar-refractivity contribution in [2.45, 2.75) is 58.4 Å². The van der Waals surface area contributed by atoms with E-state index in [2.05, 4.69) is 51.6 Å². The molecule has 2 aromatic rings. The fraction of sp³-hybridized carbons (Fsp3) is 0.562. The highest BCUT2D eigenvalue weighted by Crippen LogP contribution is 2.15. The van der Waals surface area contributed by atoms with Gasteiger partial charge in [0.1, 0.15) is 5.82 Å². The number of aryl methyl sites for hydroxylation is 2. The second-order valence-electron chi connectivity index (χ2n) is 5.40. The number of hydrogen-bond donors (Lipinski definition) is 2. The van der Waals surface area contributed by atoms with Crippen LogP contribution in [-0.2, 0) is 12.8 Å². The molecule has 0 aliphatic rings. The average Bonchev–Trinajstić information content (AvgIpc) is 3.02. The molecule has 120 valence electrons. The summed E-state index contributed by atoms with van der Waals surface area (Å²) < 4.78 is 0. The van der Waals surface area contributed by atoms with E-state index in [1.807, 2.05) is 0 Å². The summed E-state index contributed by atoms with van der Waals surface area (Å²) in [4.78, 5) is 14.3. The summed E-state index contributed by atoms with van der Waals surface area (Å²) >= 11 is 1.81. The number of rotatable bonds is 9. The molecule has 2 heterocycles. The summed E-state index contributed by atoms with van der Waals surface area (Å²) in [7, 11) is 0. The third kappa shape index (κ3) is 5.26. The molecule has 0 aliphatic carbocycles. The van der Waals surface area contributed by atoms with Gasteiger partial charge in [-0.05, 0) is 37.1 Å². The van der Waals surface area contributed by atoms with Crippen molar-refractivity contribution in [1.82, 2.24) is 15.0 Å². The molecule has 3 N–H and O–H groups in total. The van der Waals surface area contributed by atoms with Gasteiger partial charge in [-0.15, -0.1) is 11.3 Å². The smallest absolute Gasteiger partial charge is 0.227 e. The molecule has 0 aliphatic heterocycles. The topological polar surface area (TPSA) is 76.7 Å². The van der Waals surface area contributed by atoms with Crippen molar-refractivity contribution >= 4 is 23.2 Å². The number of nitrogen functional groups attached to an aromatic ring is 1. The molecule has 5 nitrogen and oxygen atoms in total. The van der Waals surface area contributed by atoms with E-state index in [9.17, 15) is 0 Å². The summed E-state index contributed by atoms with van der Waals surface area (Å²) in [6, 6.07) is 4.63. The molecule has 0 spiro atoms. The monoisotopic (exact) mass is 319 g/mol. The molecule has 1 atom stereocenters. The molecule has 22 heavy (non-hydrogen) atoms. The Morgan fingerprint density at radius 2 is 2.09 bits per heavy atom. The first-order valence-electron chi connectivity index (χ1n) is 8.00. The van der Waals surface area contributed by atoms with Gasteiger partial charge in [0.05, 0.1) is 0 Å². The van der Waals surface area contributed by atoms with Crippen LogP contribution < -0.4 is 11.1 Å². The zero-order valence-corrected chi connectivity index (χ0v) is 14.2. The minimum atomic E-state index is 0.303. The quantitative estimate of drug-likeness (QED) is 0.737. The van der Waals surface area contributed by atoms with Crippen molar-refractivity contribution in [1.29, 1.82) is 0 Å². The van der Waals surface area contributed by atoms with Gasteiger partial charge in [-0.25, -0.2) is 0 Å². The Hall–Kier alpha value is -1.69. The molecule has 0 radical (unpaired) electrons. The summed E-state index contributed by atoms with van der Waals surface area (Å²) in [6.45, 7) is 4.33. The van der Waals surface area contributed by atoms with Gasteiger partial charge in [-0.3, -0.25) is 0 Å². The molecule has 6 heteroatoms. The Bertz CT molecular complexity index is 556. The number of thiophene rings is 1. The molecule has 0 amide bonds. The Morgan fingerprint density at radius 1 is 1.23 bits per heavy atom. The normalized spacial score (nSPS) is 12.3. The summed E-state index contributed by atoms with van der Waals surface area (Å²) in [5.74, 6) is 1.69. The van der Waals surface area contributed by atoms with Gasteiger partial charge < -0.3 is 11.1 Å². The maximum Gasteiger partial charge on any atom is 0.227 e. The molecular formula is C16H25N5S. The fourth-order valence-corrected chi connectivity index (χ4v) is 3.01. The molecule has 0 bridgehead atoms. The van der Waals surface area contributed by atoms with E-state index in [4.69, 9.17) is 5.73 Å². The third-order valence-corrected chi connectivity index (χ3v) is 4.53. The van der Waals surface area contributed by atoms with Crippen LogP contribution in [0.15, 0.2) is 17.5 Å². The zero-order valence-electron chi connectivity index (χ0n) is 13.4. The number of nitrogens with zero attached hydrogens (tertiary/aromatic N) is 3. The van der Waals surface area contributed by atoms with Crippen molar-refractivity contribution in [3.63, 3.8) is 0 Å². The van der Waals surface area contributed by atoms with E-state index in [1.54, 1.807) is 11.3 Å². The van der Waals surface area contributed by atoms with Gasteiger partial charge in [0, 0.05) is 17.3 Å². The number of hydrogen-bond acceptors (Lipinski definition) is 6. The van der Waals surface area contributed by atoms with Crippen LogP contribution in [0.5, 0.6) is 0 Å². The number of nitrogens with two attached hydrogens (primary N) is 1. The molecule has 0 aromatic carbocycles. The minimum Gasteiger partial charge on any atom is -0.368 e. The summed E-state index contributed by atoms with van der Waals surface area (Å²) in [5, 5.41) is 5.53. The molecule has 0 fully saturated rings. The van der Waals surface area contributed by atoms with Crippen LogP contribution in [0.4, 0.5) is 11.9 Å². The Labute approximate surface area is 136 Å². The first-order chi connectivity index (χ1) is 10.7. The van der Waals surface area contributed by atoms with E-state index in [-0.39, 0.29) is 0 Å². The van der Waals surface area contributed by atoms with E-state index < -0.39 is 0 Å². The van der Waals surface area contributed by atoms with Crippen molar-refractivity contribution in [3.8, 4) is 0 Å². The molecular weight excluding hydrogens is 294 g/mol. The van der Waals surface area contributed by atoms with Crippen molar-refractivity contribution < 1.29 is 0 Å². The van der Waals surface area contributed by atoms with Crippen molar-refractivity contribution in [2.24, 2.45) is 0 Å². The molecule has 1 unspecified atom stereocenters. The standard InChI is InChI=1S/C16H25N5S/c1-3-5-8-14-19-15(17)21-16(20-14)18-12(4-2)9-10-13-7-6-11-22-13/h6-7,11-12H,3-5,8-10H2,1-2H3,(H3,17,18,19,20,21). The molecule has 0 saturated heterocycles. The fourth-order valence-electron chi connectivity index (χ4n) is 2.28. The number of nitrogens with one attached hydrogen (secondary N) is 1. The van der Waals surface area contributed by atoms with E-state index in [0.717, 1.165) is 44.3 Å². The van der Waals surface area contributed by atoms with Crippen LogP contribution in [0.25, 0.3) is 0 Å². The second kappa shape index (κ2) is 8.68. The van der Waals surface area contributed by atoms with Crippen LogP contribution in [0, 0.1) is 0 Å². The Balaban J connectivity index is 1.95. The third-order valence-electron chi connectivity index (χ3n) is 3.60. The maximum absolute atomic E-state index is 5.80. The number of aromatic nitrogens is 3. The van der Waals surface area contributed by atoms with Gasteiger partial charge in [-0.2, -0.15) is 15.0 Å². The van der Waals surface area contributed by atoms with E-state index >= 15 is 0 Å². The van der Waals surface area contributed by atoms with Crippen LogP contribution in [-0.4, -0.2) is 21.0 Å².